The van der Waals surface area contributed by atoms with Gasteiger partial charge < -0.3 is 10.6 Å². The molecule has 3 heteroatoms. The quantitative estimate of drug-likeness (QED) is 0.791. The number of fused-ring (bicyclic) bond motifs is 1. The molecule has 1 heterocycles. The van der Waals surface area contributed by atoms with Crippen molar-refractivity contribution < 1.29 is 4.79 Å². The van der Waals surface area contributed by atoms with Crippen LogP contribution in [0, 0.1) is 11.8 Å². The predicted molar refractivity (Wildman–Crippen MR) is 67.0 cm³/mol. The lowest BCUT2D eigenvalue weighted by Gasteiger charge is -2.20. The van der Waals surface area contributed by atoms with Crippen molar-refractivity contribution in [3.63, 3.8) is 0 Å². The summed E-state index contributed by atoms with van der Waals surface area (Å²) in [6.45, 7) is 3.55. The maximum absolute atomic E-state index is 12.3. The molecule has 0 aromatic heterocycles. The molecular weight excluding hydrogens is 212 g/mol. The van der Waals surface area contributed by atoms with Crippen LogP contribution >= 0.6 is 0 Å². The van der Waals surface area contributed by atoms with Crippen LogP contribution in [0.4, 0.5) is 5.69 Å². The summed E-state index contributed by atoms with van der Waals surface area (Å²) in [6, 6.07) is 5.95. The molecule has 1 fully saturated rings. The van der Waals surface area contributed by atoms with Gasteiger partial charge in [-0.1, -0.05) is 13.0 Å². The minimum atomic E-state index is 0.196. The number of amides is 1. The Kier molecular flexibility index (Phi) is 2.35. The van der Waals surface area contributed by atoms with Gasteiger partial charge in [0, 0.05) is 24.7 Å². The van der Waals surface area contributed by atoms with Crippen LogP contribution in [-0.4, -0.2) is 10.8 Å². The molecule has 0 bridgehead atoms. The molecule has 90 valence electrons. The smallest absolute Gasteiger partial charge is 0.226 e. The molecule has 1 unspecified atom stereocenters. The van der Waals surface area contributed by atoms with Crippen molar-refractivity contribution in [2.45, 2.75) is 32.9 Å². The van der Waals surface area contributed by atoms with E-state index < -0.39 is 0 Å². The number of carbonyl (C=O) groups excluding carboxylic acids is 1. The average molecular weight is 230 g/mol. The van der Waals surface area contributed by atoms with Gasteiger partial charge in [0.05, 0.1) is 0 Å². The van der Waals surface area contributed by atoms with Crippen LogP contribution in [0.2, 0.25) is 0 Å². The van der Waals surface area contributed by atoms with E-state index in [1.54, 1.807) is 0 Å². The Morgan fingerprint density at radius 1 is 1.35 bits per heavy atom. The van der Waals surface area contributed by atoms with E-state index >= 15 is 0 Å². The zero-order valence-electron chi connectivity index (χ0n) is 10.1. The number of rotatable bonds is 2. The number of nitrogen functional groups attached to an aromatic ring is 1. The second kappa shape index (κ2) is 3.76. The summed E-state index contributed by atoms with van der Waals surface area (Å²) in [5.41, 5.74) is 9.01. The number of hydrogen-bond donors (Lipinski definition) is 1. The van der Waals surface area contributed by atoms with E-state index in [9.17, 15) is 4.79 Å². The lowest BCUT2D eigenvalue weighted by atomic mass is 10.1. The van der Waals surface area contributed by atoms with Gasteiger partial charge in [-0.15, -0.1) is 0 Å². The van der Waals surface area contributed by atoms with E-state index in [1.807, 2.05) is 23.1 Å². The molecule has 2 N–H and O–H groups in total. The van der Waals surface area contributed by atoms with Crippen molar-refractivity contribution in [2.75, 3.05) is 5.73 Å². The first-order valence-electron chi connectivity index (χ1n) is 6.31. The molecule has 0 spiro atoms. The summed E-state index contributed by atoms with van der Waals surface area (Å²) in [7, 11) is 0. The van der Waals surface area contributed by atoms with E-state index in [2.05, 4.69) is 6.92 Å². The maximum atomic E-state index is 12.3. The molecule has 0 radical (unpaired) electrons. The van der Waals surface area contributed by atoms with Crippen molar-refractivity contribution in [1.29, 1.82) is 0 Å². The van der Waals surface area contributed by atoms with Gasteiger partial charge in [0.1, 0.15) is 0 Å². The fourth-order valence-electron chi connectivity index (χ4n) is 2.66. The summed E-state index contributed by atoms with van der Waals surface area (Å²) in [6.07, 6.45) is 2.45. The third-order valence-electron chi connectivity index (χ3n) is 3.98. The molecule has 1 aliphatic heterocycles. The number of hydrogen-bond acceptors (Lipinski definition) is 2. The Balaban J connectivity index is 1.74. The lowest BCUT2D eigenvalue weighted by Crippen LogP contribution is -2.31. The monoisotopic (exact) mass is 230 g/mol. The van der Waals surface area contributed by atoms with Crippen LogP contribution in [0.1, 0.15) is 30.9 Å². The average Bonchev–Trinajstić information content (AvgIpc) is 3.07. The highest BCUT2D eigenvalue weighted by atomic mass is 16.2. The van der Waals surface area contributed by atoms with Crippen molar-refractivity contribution in [3.05, 3.63) is 29.3 Å². The summed E-state index contributed by atoms with van der Waals surface area (Å²) in [5.74, 6) is 1.14. The van der Waals surface area contributed by atoms with Crippen molar-refractivity contribution >= 4 is 11.6 Å². The SMILES string of the molecule is CC(C(=O)N1Cc2ccc(N)cc2C1)C1CC1. The number of benzene rings is 1. The number of nitrogens with two attached hydrogens (primary N) is 1. The Morgan fingerprint density at radius 2 is 2.06 bits per heavy atom. The Bertz CT molecular complexity index is 465. The van der Waals surface area contributed by atoms with Gasteiger partial charge >= 0.3 is 0 Å². The summed E-state index contributed by atoms with van der Waals surface area (Å²) < 4.78 is 0. The number of nitrogens with zero attached hydrogens (tertiary/aromatic N) is 1. The fourth-order valence-corrected chi connectivity index (χ4v) is 2.66. The van der Waals surface area contributed by atoms with Crippen LogP contribution in [0.15, 0.2) is 18.2 Å². The molecule has 3 nitrogen and oxygen atoms in total. The standard InChI is InChI=1S/C14H18N2O/c1-9(10-2-3-10)14(17)16-7-11-4-5-13(15)6-12(11)8-16/h4-6,9-10H,2-3,7-8,15H2,1H3. The van der Waals surface area contributed by atoms with Crippen LogP contribution < -0.4 is 5.73 Å². The molecule has 1 amide bonds. The lowest BCUT2D eigenvalue weighted by molar-refractivity contribution is -0.136. The molecular formula is C14H18N2O. The molecule has 17 heavy (non-hydrogen) atoms. The number of carbonyl (C=O) groups is 1. The Labute approximate surface area is 102 Å². The molecule has 1 aromatic rings. The fraction of sp³-hybridized carbons (Fsp3) is 0.500. The first-order valence-corrected chi connectivity index (χ1v) is 6.31. The molecule has 1 atom stereocenters. The molecule has 2 aliphatic rings. The third-order valence-corrected chi connectivity index (χ3v) is 3.98. The predicted octanol–water partition coefficient (Wildman–Crippen LogP) is 2.16. The second-order valence-corrected chi connectivity index (χ2v) is 5.35. The first-order chi connectivity index (χ1) is 8.15. The van der Waals surface area contributed by atoms with Gasteiger partial charge in [0.25, 0.3) is 0 Å². The third kappa shape index (κ3) is 1.90. The highest BCUT2D eigenvalue weighted by Crippen LogP contribution is 2.38. The number of anilines is 1. The van der Waals surface area contributed by atoms with Crippen LogP contribution in [-0.2, 0) is 17.9 Å². The van der Waals surface area contributed by atoms with Gasteiger partial charge in [-0.2, -0.15) is 0 Å². The highest BCUT2D eigenvalue weighted by molar-refractivity contribution is 5.80. The van der Waals surface area contributed by atoms with Gasteiger partial charge in [-0.25, -0.2) is 0 Å². The molecule has 3 rings (SSSR count). The summed E-state index contributed by atoms with van der Waals surface area (Å²) in [5, 5.41) is 0. The zero-order valence-corrected chi connectivity index (χ0v) is 10.1. The van der Waals surface area contributed by atoms with Gasteiger partial charge in [0.15, 0.2) is 0 Å². The molecule has 1 aliphatic carbocycles. The first kappa shape index (κ1) is 10.6. The molecule has 1 saturated carbocycles. The van der Waals surface area contributed by atoms with Crippen LogP contribution in [0.3, 0.4) is 0 Å². The van der Waals surface area contributed by atoms with Gasteiger partial charge in [-0.05, 0) is 42.0 Å². The molecule has 1 aromatic carbocycles. The highest BCUT2D eigenvalue weighted by Gasteiger charge is 2.36. The zero-order chi connectivity index (χ0) is 12.0. The van der Waals surface area contributed by atoms with Crippen LogP contribution in [0.5, 0.6) is 0 Å². The van der Waals surface area contributed by atoms with Crippen molar-refractivity contribution in [2.24, 2.45) is 11.8 Å². The van der Waals surface area contributed by atoms with Crippen molar-refractivity contribution in [3.8, 4) is 0 Å². The normalized spacial score (nSPS) is 20.2. The largest absolute Gasteiger partial charge is 0.399 e. The summed E-state index contributed by atoms with van der Waals surface area (Å²) >= 11 is 0. The van der Waals surface area contributed by atoms with E-state index in [4.69, 9.17) is 5.73 Å². The second-order valence-electron chi connectivity index (χ2n) is 5.35. The van der Waals surface area contributed by atoms with E-state index in [1.165, 1.54) is 24.0 Å². The Morgan fingerprint density at radius 3 is 2.76 bits per heavy atom. The van der Waals surface area contributed by atoms with Gasteiger partial charge in [0.2, 0.25) is 5.91 Å². The topological polar surface area (TPSA) is 46.3 Å². The van der Waals surface area contributed by atoms with E-state index in [-0.39, 0.29) is 5.92 Å². The minimum absolute atomic E-state index is 0.196. The molecule has 0 saturated heterocycles. The maximum Gasteiger partial charge on any atom is 0.226 e. The van der Waals surface area contributed by atoms with Gasteiger partial charge in [-0.3, -0.25) is 4.79 Å². The van der Waals surface area contributed by atoms with Crippen molar-refractivity contribution in [1.82, 2.24) is 4.90 Å². The summed E-state index contributed by atoms with van der Waals surface area (Å²) in [4.78, 5) is 14.2. The van der Waals surface area contributed by atoms with Crippen LogP contribution in [0.25, 0.3) is 0 Å². The van der Waals surface area contributed by atoms with E-state index in [0.717, 1.165) is 18.8 Å². The van der Waals surface area contributed by atoms with E-state index in [0.29, 0.717) is 11.8 Å². The Hall–Kier alpha value is -1.51. The minimum Gasteiger partial charge on any atom is -0.399 e.